The average Bonchev–Trinajstić information content (AvgIpc) is 2.53. The van der Waals surface area contributed by atoms with Crippen LogP contribution in [0.4, 0.5) is 10.5 Å². The number of benzene rings is 2. The highest BCUT2D eigenvalue weighted by atomic mass is 16.6. The van der Waals surface area contributed by atoms with Crippen molar-refractivity contribution in [1.29, 1.82) is 0 Å². The summed E-state index contributed by atoms with van der Waals surface area (Å²) in [6.45, 7) is 4.31. The van der Waals surface area contributed by atoms with Gasteiger partial charge in [-0.15, -0.1) is 0 Å². The zero-order valence-corrected chi connectivity index (χ0v) is 13.7. The molecule has 0 heterocycles. The van der Waals surface area contributed by atoms with Crippen LogP contribution in [-0.4, -0.2) is 25.2 Å². The van der Waals surface area contributed by atoms with E-state index < -0.39 is 12.0 Å². The minimum Gasteiger partial charge on any atom is -0.489 e. The fourth-order valence-corrected chi connectivity index (χ4v) is 2.25. The van der Waals surface area contributed by atoms with Crippen LogP contribution in [0.15, 0.2) is 42.5 Å². The standard InChI is InChI=1S/C18H20N2O4/c1-12-5-3-6-13(2)16(12)23-9-10-24-17(21)14-7-4-8-15(11-14)20-18(19)22/h3-8,11H,9-10H2,1-2H3,(H3,19,20,22). The van der Waals surface area contributed by atoms with E-state index in [4.69, 9.17) is 15.2 Å². The Balaban J connectivity index is 1.86. The molecular weight excluding hydrogens is 308 g/mol. The summed E-state index contributed by atoms with van der Waals surface area (Å²) in [5.41, 5.74) is 7.87. The van der Waals surface area contributed by atoms with Crippen molar-refractivity contribution in [3.05, 3.63) is 59.2 Å². The average molecular weight is 328 g/mol. The van der Waals surface area contributed by atoms with Crippen molar-refractivity contribution in [3.8, 4) is 5.75 Å². The molecule has 0 unspecified atom stereocenters. The van der Waals surface area contributed by atoms with Crippen LogP contribution >= 0.6 is 0 Å². The Morgan fingerprint density at radius 2 is 1.71 bits per heavy atom. The van der Waals surface area contributed by atoms with E-state index in [1.54, 1.807) is 18.2 Å². The zero-order valence-electron chi connectivity index (χ0n) is 13.7. The Hall–Kier alpha value is -3.02. The lowest BCUT2D eigenvalue weighted by Gasteiger charge is -2.12. The minimum atomic E-state index is -0.692. The number of hydrogen-bond acceptors (Lipinski definition) is 4. The van der Waals surface area contributed by atoms with Crippen LogP contribution in [0.3, 0.4) is 0 Å². The Morgan fingerprint density at radius 3 is 2.38 bits per heavy atom. The van der Waals surface area contributed by atoms with Gasteiger partial charge >= 0.3 is 12.0 Å². The summed E-state index contributed by atoms with van der Waals surface area (Å²) in [6.07, 6.45) is 0. The molecule has 0 aliphatic carbocycles. The van der Waals surface area contributed by atoms with Crippen molar-refractivity contribution in [3.63, 3.8) is 0 Å². The second-order valence-corrected chi connectivity index (χ2v) is 5.28. The SMILES string of the molecule is Cc1cccc(C)c1OCCOC(=O)c1cccc(NC(N)=O)c1. The van der Waals surface area contributed by atoms with Crippen molar-refractivity contribution in [2.24, 2.45) is 5.73 Å². The topological polar surface area (TPSA) is 90.7 Å². The molecule has 0 aliphatic heterocycles. The maximum absolute atomic E-state index is 12.0. The molecule has 2 aromatic rings. The first-order valence-corrected chi connectivity index (χ1v) is 7.50. The van der Waals surface area contributed by atoms with Crippen molar-refractivity contribution in [2.75, 3.05) is 18.5 Å². The summed E-state index contributed by atoms with van der Waals surface area (Å²) in [5.74, 6) is 0.314. The molecule has 0 spiro atoms. The van der Waals surface area contributed by atoms with Gasteiger partial charge in [0.15, 0.2) is 0 Å². The van der Waals surface area contributed by atoms with E-state index in [1.807, 2.05) is 32.0 Å². The summed E-state index contributed by atoms with van der Waals surface area (Å²) in [7, 11) is 0. The summed E-state index contributed by atoms with van der Waals surface area (Å²) >= 11 is 0. The molecule has 126 valence electrons. The van der Waals surface area contributed by atoms with Crippen LogP contribution < -0.4 is 15.8 Å². The van der Waals surface area contributed by atoms with Gasteiger partial charge in [0.1, 0.15) is 19.0 Å². The molecule has 3 N–H and O–H groups in total. The summed E-state index contributed by atoms with van der Waals surface area (Å²) in [6, 6.07) is 11.6. The number of aryl methyl sites for hydroxylation is 2. The molecule has 0 radical (unpaired) electrons. The first-order chi connectivity index (χ1) is 11.5. The highest BCUT2D eigenvalue weighted by Gasteiger charge is 2.09. The van der Waals surface area contributed by atoms with E-state index >= 15 is 0 Å². The maximum Gasteiger partial charge on any atom is 0.338 e. The van der Waals surface area contributed by atoms with Crippen LogP contribution in [0.2, 0.25) is 0 Å². The Kier molecular flexibility index (Phi) is 5.78. The van der Waals surface area contributed by atoms with Crippen molar-refractivity contribution in [2.45, 2.75) is 13.8 Å². The molecule has 2 aromatic carbocycles. The van der Waals surface area contributed by atoms with Gasteiger partial charge in [-0.1, -0.05) is 24.3 Å². The van der Waals surface area contributed by atoms with Gasteiger partial charge in [0.2, 0.25) is 0 Å². The van der Waals surface area contributed by atoms with E-state index in [0.29, 0.717) is 11.3 Å². The van der Waals surface area contributed by atoms with Gasteiger partial charge in [0.05, 0.1) is 5.56 Å². The van der Waals surface area contributed by atoms with Gasteiger partial charge in [-0.05, 0) is 43.2 Å². The van der Waals surface area contributed by atoms with Crippen LogP contribution in [-0.2, 0) is 4.74 Å². The number of urea groups is 1. The minimum absolute atomic E-state index is 0.125. The van der Waals surface area contributed by atoms with Gasteiger partial charge in [0, 0.05) is 5.69 Å². The van der Waals surface area contributed by atoms with Crippen LogP contribution in [0.1, 0.15) is 21.5 Å². The van der Waals surface area contributed by atoms with Gasteiger partial charge in [-0.25, -0.2) is 9.59 Å². The first kappa shape index (κ1) is 17.3. The van der Waals surface area contributed by atoms with E-state index in [1.165, 1.54) is 6.07 Å². The van der Waals surface area contributed by atoms with Gasteiger partial charge in [-0.2, -0.15) is 0 Å². The zero-order chi connectivity index (χ0) is 17.5. The molecule has 2 rings (SSSR count). The Bertz CT molecular complexity index is 723. The Labute approximate surface area is 140 Å². The summed E-state index contributed by atoms with van der Waals surface area (Å²) in [5, 5.41) is 2.41. The fourth-order valence-electron chi connectivity index (χ4n) is 2.25. The van der Waals surface area contributed by atoms with E-state index in [2.05, 4.69) is 5.32 Å². The van der Waals surface area contributed by atoms with E-state index in [-0.39, 0.29) is 13.2 Å². The summed E-state index contributed by atoms with van der Waals surface area (Å²) < 4.78 is 10.9. The third-order valence-electron chi connectivity index (χ3n) is 3.34. The van der Waals surface area contributed by atoms with Crippen molar-refractivity contribution >= 4 is 17.7 Å². The molecule has 24 heavy (non-hydrogen) atoms. The smallest absolute Gasteiger partial charge is 0.338 e. The second kappa shape index (κ2) is 8.01. The molecule has 6 nitrogen and oxygen atoms in total. The number of nitrogens with two attached hydrogens (primary N) is 1. The number of primary amides is 1. The number of nitrogens with one attached hydrogen (secondary N) is 1. The van der Waals surface area contributed by atoms with Crippen LogP contribution in [0.5, 0.6) is 5.75 Å². The third kappa shape index (κ3) is 4.74. The van der Waals surface area contributed by atoms with E-state index in [9.17, 15) is 9.59 Å². The van der Waals surface area contributed by atoms with Crippen molar-refractivity contribution < 1.29 is 19.1 Å². The summed E-state index contributed by atoms with van der Waals surface area (Å²) in [4.78, 5) is 22.8. The van der Waals surface area contributed by atoms with E-state index in [0.717, 1.165) is 16.9 Å². The van der Waals surface area contributed by atoms with Crippen LogP contribution in [0.25, 0.3) is 0 Å². The van der Waals surface area contributed by atoms with Gasteiger partial charge < -0.3 is 20.5 Å². The molecule has 0 aromatic heterocycles. The Morgan fingerprint density at radius 1 is 1.04 bits per heavy atom. The monoisotopic (exact) mass is 328 g/mol. The maximum atomic E-state index is 12.0. The predicted molar refractivity (Wildman–Crippen MR) is 91.3 cm³/mol. The van der Waals surface area contributed by atoms with Crippen molar-refractivity contribution in [1.82, 2.24) is 0 Å². The number of anilines is 1. The number of amides is 2. The number of para-hydroxylation sites is 1. The molecule has 0 saturated carbocycles. The van der Waals surface area contributed by atoms with Gasteiger partial charge in [0.25, 0.3) is 0 Å². The highest BCUT2D eigenvalue weighted by molar-refractivity contribution is 5.93. The predicted octanol–water partition coefficient (Wildman–Crippen LogP) is 3.03. The third-order valence-corrected chi connectivity index (χ3v) is 3.34. The molecule has 0 saturated heterocycles. The number of ether oxygens (including phenoxy) is 2. The molecule has 0 bridgehead atoms. The van der Waals surface area contributed by atoms with Crippen LogP contribution in [0, 0.1) is 13.8 Å². The first-order valence-electron chi connectivity index (χ1n) is 7.50. The normalized spacial score (nSPS) is 10.1. The largest absolute Gasteiger partial charge is 0.489 e. The molecule has 0 aliphatic rings. The number of carbonyl (C=O) groups is 2. The number of rotatable bonds is 6. The highest BCUT2D eigenvalue weighted by Crippen LogP contribution is 2.22. The lowest BCUT2D eigenvalue weighted by Crippen LogP contribution is -2.19. The van der Waals surface area contributed by atoms with Gasteiger partial charge in [-0.3, -0.25) is 0 Å². The molecule has 0 atom stereocenters. The number of esters is 1. The molecule has 0 fully saturated rings. The molecular formula is C18H20N2O4. The lowest BCUT2D eigenvalue weighted by atomic mass is 10.1. The number of carbonyl (C=O) groups excluding carboxylic acids is 2. The second-order valence-electron chi connectivity index (χ2n) is 5.28. The molecule has 2 amide bonds. The quantitative estimate of drug-likeness (QED) is 0.630. The molecule has 6 heteroatoms. The lowest BCUT2D eigenvalue weighted by molar-refractivity contribution is 0.0450. The fraction of sp³-hybridized carbons (Fsp3) is 0.222. The number of hydrogen-bond donors (Lipinski definition) is 2.